The Morgan fingerprint density at radius 2 is 2.56 bits per heavy atom. The van der Waals surface area contributed by atoms with Crippen molar-refractivity contribution in [3.05, 3.63) is 12.7 Å². The first kappa shape index (κ1) is 6.29. The van der Waals surface area contributed by atoms with Crippen molar-refractivity contribution in [2.24, 2.45) is 0 Å². The van der Waals surface area contributed by atoms with Crippen molar-refractivity contribution in [1.29, 1.82) is 0 Å². The Bertz CT molecular complexity index is 141. The normalized spacial score (nSPS) is 31.2. The van der Waals surface area contributed by atoms with Crippen LogP contribution in [0.4, 0.5) is 0 Å². The molecule has 1 fully saturated rings. The van der Waals surface area contributed by atoms with E-state index in [-0.39, 0.29) is 18.4 Å². The minimum Gasteiger partial charge on any atom is -0.433 e. The third-order valence-electron chi connectivity index (χ3n) is 0.997. The summed E-state index contributed by atoms with van der Waals surface area (Å²) in [4.78, 5) is 10.2. The van der Waals surface area contributed by atoms with Gasteiger partial charge in [-0.15, -0.1) is 6.58 Å². The molecule has 0 radical (unpaired) electrons. The van der Waals surface area contributed by atoms with Crippen LogP contribution >= 0.6 is 0 Å². The largest absolute Gasteiger partial charge is 0.433 e. The molecule has 3 nitrogen and oxygen atoms in total. The second kappa shape index (κ2) is 2.19. The third-order valence-corrected chi connectivity index (χ3v) is 0.997. The third kappa shape index (κ3) is 1.54. The van der Waals surface area contributed by atoms with Crippen molar-refractivity contribution in [1.82, 2.24) is 0 Å². The quantitative estimate of drug-likeness (QED) is 0.308. The summed E-state index contributed by atoms with van der Waals surface area (Å²) in [5.41, 5.74) is 0. The average molecular weight is 128 g/mol. The van der Waals surface area contributed by atoms with E-state index in [2.05, 4.69) is 11.3 Å². The van der Waals surface area contributed by atoms with E-state index in [0.717, 1.165) is 0 Å². The molecule has 1 aliphatic rings. The SMILES string of the molecule is C=CC1OC1OC(C)=O. The van der Waals surface area contributed by atoms with Gasteiger partial charge in [-0.1, -0.05) is 6.08 Å². The van der Waals surface area contributed by atoms with Crippen LogP contribution in [0.15, 0.2) is 12.7 Å². The van der Waals surface area contributed by atoms with Gasteiger partial charge in [0.1, 0.15) is 6.10 Å². The van der Waals surface area contributed by atoms with Gasteiger partial charge in [0.15, 0.2) is 0 Å². The minimum absolute atomic E-state index is 0.0751. The Labute approximate surface area is 53.3 Å². The molecular formula is C6H8O3. The zero-order valence-electron chi connectivity index (χ0n) is 5.16. The molecule has 1 rings (SSSR count). The van der Waals surface area contributed by atoms with Crippen LogP contribution in [0.25, 0.3) is 0 Å². The van der Waals surface area contributed by atoms with Crippen molar-refractivity contribution in [2.45, 2.75) is 19.3 Å². The van der Waals surface area contributed by atoms with Crippen LogP contribution in [0.2, 0.25) is 0 Å². The van der Waals surface area contributed by atoms with E-state index in [9.17, 15) is 4.79 Å². The number of esters is 1. The summed E-state index contributed by atoms with van der Waals surface area (Å²) in [6, 6.07) is 0. The van der Waals surface area contributed by atoms with E-state index < -0.39 is 0 Å². The van der Waals surface area contributed by atoms with E-state index in [0.29, 0.717) is 0 Å². The molecule has 0 spiro atoms. The van der Waals surface area contributed by atoms with Crippen molar-refractivity contribution < 1.29 is 14.3 Å². The first-order chi connectivity index (χ1) is 4.24. The summed E-state index contributed by atoms with van der Waals surface area (Å²) in [5, 5.41) is 0. The number of hydrogen-bond acceptors (Lipinski definition) is 3. The van der Waals surface area contributed by atoms with E-state index in [1.54, 1.807) is 6.08 Å². The van der Waals surface area contributed by atoms with Gasteiger partial charge in [0.2, 0.25) is 6.29 Å². The lowest BCUT2D eigenvalue weighted by atomic mass is 10.4. The van der Waals surface area contributed by atoms with Crippen molar-refractivity contribution in [3.63, 3.8) is 0 Å². The molecule has 0 saturated carbocycles. The number of rotatable bonds is 2. The molecule has 3 heteroatoms. The number of epoxide rings is 1. The van der Waals surface area contributed by atoms with Gasteiger partial charge < -0.3 is 9.47 Å². The summed E-state index contributed by atoms with van der Waals surface area (Å²) in [5.74, 6) is -0.315. The van der Waals surface area contributed by atoms with Gasteiger partial charge in [-0.25, -0.2) is 0 Å². The highest BCUT2D eigenvalue weighted by molar-refractivity contribution is 5.66. The minimum atomic E-state index is -0.361. The molecule has 0 bridgehead atoms. The molecule has 0 aliphatic carbocycles. The van der Waals surface area contributed by atoms with E-state index in [1.807, 2.05) is 0 Å². The number of carbonyl (C=O) groups is 1. The lowest BCUT2D eigenvalue weighted by Crippen LogP contribution is -2.03. The summed E-state index contributed by atoms with van der Waals surface area (Å²) in [7, 11) is 0. The fourth-order valence-corrected chi connectivity index (χ4v) is 0.535. The van der Waals surface area contributed by atoms with E-state index in [1.165, 1.54) is 6.92 Å². The Morgan fingerprint density at radius 1 is 1.89 bits per heavy atom. The lowest BCUT2D eigenvalue weighted by Gasteiger charge is -1.90. The Morgan fingerprint density at radius 3 is 2.89 bits per heavy atom. The Kier molecular flexibility index (Phi) is 1.53. The zero-order valence-corrected chi connectivity index (χ0v) is 5.16. The number of hydrogen-bond donors (Lipinski definition) is 0. The molecule has 0 amide bonds. The second-order valence-corrected chi connectivity index (χ2v) is 1.81. The monoisotopic (exact) mass is 128 g/mol. The Balaban J connectivity index is 2.19. The highest BCUT2D eigenvalue weighted by Crippen LogP contribution is 2.23. The topological polar surface area (TPSA) is 38.8 Å². The van der Waals surface area contributed by atoms with Gasteiger partial charge in [-0.3, -0.25) is 4.79 Å². The lowest BCUT2D eigenvalue weighted by molar-refractivity contribution is -0.145. The van der Waals surface area contributed by atoms with Crippen LogP contribution in [0.5, 0.6) is 0 Å². The molecule has 1 heterocycles. The molecule has 0 N–H and O–H groups in total. The van der Waals surface area contributed by atoms with E-state index in [4.69, 9.17) is 4.74 Å². The standard InChI is InChI=1S/C6H8O3/c1-3-5-6(9-5)8-4(2)7/h3,5-6H,1H2,2H3. The summed E-state index contributed by atoms with van der Waals surface area (Å²) >= 11 is 0. The van der Waals surface area contributed by atoms with Gasteiger partial charge in [-0.2, -0.15) is 0 Å². The van der Waals surface area contributed by atoms with Crippen LogP contribution < -0.4 is 0 Å². The van der Waals surface area contributed by atoms with Gasteiger partial charge in [-0.05, 0) is 0 Å². The maximum absolute atomic E-state index is 10.2. The maximum atomic E-state index is 10.2. The van der Waals surface area contributed by atoms with Gasteiger partial charge in [0.25, 0.3) is 0 Å². The first-order valence-corrected chi connectivity index (χ1v) is 2.69. The zero-order chi connectivity index (χ0) is 6.85. The van der Waals surface area contributed by atoms with E-state index >= 15 is 0 Å². The van der Waals surface area contributed by atoms with Crippen LogP contribution in [-0.4, -0.2) is 18.4 Å². The number of carbonyl (C=O) groups excluding carboxylic acids is 1. The predicted molar refractivity (Wildman–Crippen MR) is 30.6 cm³/mol. The van der Waals surface area contributed by atoms with Crippen molar-refractivity contribution in [2.75, 3.05) is 0 Å². The summed E-state index contributed by atoms with van der Waals surface area (Å²) in [6.45, 7) is 4.81. The molecule has 1 aliphatic heterocycles. The van der Waals surface area contributed by atoms with Gasteiger partial charge >= 0.3 is 5.97 Å². The summed E-state index contributed by atoms with van der Waals surface area (Å²) < 4.78 is 9.45. The smallest absolute Gasteiger partial charge is 0.305 e. The first-order valence-electron chi connectivity index (χ1n) is 2.69. The van der Waals surface area contributed by atoms with Gasteiger partial charge in [0.05, 0.1) is 0 Å². The number of ether oxygens (including phenoxy) is 2. The fourth-order valence-electron chi connectivity index (χ4n) is 0.535. The van der Waals surface area contributed by atoms with Crippen LogP contribution in [0.1, 0.15) is 6.92 Å². The molecule has 0 aromatic carbocycles. The van der Waals surface area contributed by atoms with Crippen LogP contribution in [0.3, 0.4) is 0 Å². The molecule has 2 unspecified atom stereocenters. The van der Waals surface area contributed by atoms with Gasteiger partial charge in [0, 0.05) is 6.92 Å². The average Bonchev–Trinajstić information content (AvgIpc) is 2.45. The molecule has 50 valence electrons. The molecular weight excluding hydrogens is 120 g/mol. The second-order valence-electron chi connectivity index (χ2n) is 1.81. The Hall–Kier alpha value is -0.830. The predicted octanol–water partition coefficient (Wildman–Crippen LogP) is 0.460. The maximum Gasteiger partial charge on any atom is 0.305 e. The molecule has 1 saturated heterocycles. The van der Waals surface area contributed by atoms with Crippen molar-refractivity contribution in [3.8, 4) is 0 Å². The molecule has 0 aromatic heterocycles. The highest BCUT2D eigenvalue weighted by atomic mass is 16.8. The van der Waals surface area contributed by atoms with Crippen molar-refractivity contribution >= 4 is 5.97 Å². The highest BCUT2D eigenvalue weighted by Gasteiger charge is 2.39. The fraction of sp³-hybridized carbons (Fsp3) is 0.500. The van der Waals surface area contributed by atoms with Crippen LogP contribution in [-0.2, 0) is 14.3 Å². The molecule has 2 atom stereocenters. The summed E-state index contributed by atoms with van der Waals surface area (Å²) in [6.07, 6.45) is 1.17. The molecule has 9 heavy (non-hydrogen) atoms. The van der Waals surface area contributed by atoms with Crippen LogP contribution in [0, 0.1) is 0 Å². The molecule has 0 aromatic rings.